The average molecular weight is 336 g/mol. The summed E-state index contributed by atoms with van der Waals surface area (Å²) >= 11 is 0. The Morgan fingerprint density at radius 1 is 1.12 bits per heavy atom. The molecule has 4 rings (SSSR count). The van der Waals surface area contributed by atoms with Crippen molar-refractivity contribution in [3.8, 4) is 0 Å². The van der Waals surface area contributed by atoms with Crippen molar-refractivity contribution in [1.29, 1.82) is 0 Å². The lowest BCUT2D eigenvalue weighted by molar-refractivity contribution is 0.194. The lowest BCUT2D eigenvalue weighted by Gasteiger charge is -2.32. The second kappa shape index (κ2) is 6.48. The zero-order valence-electron chi connectivity index (χ0n) is 14.7. The molecule has 3 heterocycles. The second-order valence-corrected chi connectivity index (χ2v) is 6.95. The van der Waals surface area contributed by atoms with E-state index in [1.165, 1.54) is 5.56 Å². The monoisotopic (exact) mass is 336 g/mol. The van der Waals surface area contributed by atoms with Crippen LogP contribution in [0.4, 0.5) is 5.82 Å². The summed E-state index contributed by atoms with van der Waals surface area (Å²) in [5, 5.41) is 9.74. The summed E-state index contributed by atoms with van der Waals surface area (Å²) < 4.78 is 0. The van der Waals surface area contributed by atoms with Gasteiger partial charge in [-0.05, 0) is 50.5 Å². The fourth-order valence-corrected chi connectivity index (χ4v) is 3.62. The van der Waals surface area contributed by atoms with Gasteiger partial charge in [-0.3, -0.25) is 0 Å². The van der Waals surface area contributed by atoms with Crippen LogP contribution in [0.3, 0.4) is 0 Å². The highest BCUT2D eigenvalue weighted by atomic mass is 16.3. The number of benzene rings is 1. The number of pyridine rings is 1. The summed E-state index contributed by atoms with van der Waals surface area (Å²) in [5.41, 5.74) is 4.17. The molecule has 0 saturated carbocycles. The van der Waals surface area contributed by atoms with E-state index < -0.39 is 6.10 Å². The molecule has 0 spiro atoms. The van der Waals surface area contributed by atoms with Gasteiger partial charge >= 0.3 is 0 Å². The van der Waals surface area contributed by atoms with Gasteiger partial charge in [0, 0.05) is 19.0 Å². The van der Waals surface area contributed by atoms with E-state index in [1.54, 1.807) is 6.92 Å². The summed E-state index contributed by atoms with van der Waals surface area (Å²) in [6, 6.07) is 12.1. The fourth-order valence-electron chi connectivity index (χ4n) is 3.62. The van der Waals surface area contributed by atoms with E-state index in [0.717, 1.165) is 54.3 Å². The number of H-pyrrole nitrogens is 1. The van der Waals surface area contributed by atoms with Crippen LogP contribution in [0.5, 0.6) is 0 Å². The first-order chi connectivity index (χ1) is 12.1. The molecule has 1 aromatic carbocycles. The topological polar surface area (TPSA) is 65.0 Å². The highest BCUT2D eigenvalue weighted by molar-refractivity contribution is 5.78. The number of aliphatic hydroxyl groups is 1. The van der Waals surface area contributed by atoms with Crippen LogP contribution in [0.25, 0.3) is 11.0 Å². The summed E-state index contributed by atoms with van der Waals surface area (Å²) in [4.78, 5) is 15.2. The Bertz CT molecular complexity index is 878. The molecule has 2 aromatic heterocycles. The summed E-state index contributed by atoms with van der Waals surface area (Å²) in [7, 11) is 0. The van der Waals surface area contributed by atoms with Gasteiger partial charge in [0.2, 0.25) is 0 Å². The van der Waals surface area contributed by atoms with E-state index in [2.05, 4.69) is 40.0 Å². The smallest absolute Gasteiger partial charge is 0.128 e. The van der Waals surface area contributed by atoms with E-state index in [4.69, 9.17) is 4.98 Å². The number of aryl methyl sites for hydroxylation is 1. The Kier molecular flexibility index (Phi) is 4.17. The minimum Gasteiger partial charge on any atom is -0.387 e. The van der Waals surface area contributed by atoms with Gasteiger partial charge in [0.1, 0.15) is 11.6 Å². The average Bonchev–Trinajstić information content (AvgIpc) is 3.08. The van der Waals surface area contributed by atoms with Gasteiger partial charge in [0.05, 0.1) is 22.8 Å². The van der Waals surface area contributed by atoms with Gasteiger partial charge in [0.15, 0.2) is 0 Å². The second-order valence-electron chi connectivity index (χ2n) is 6.95. The molecule has 1 saturated heterocycles. The third-order valence-electron chi connectivity index (χ3n) is 5.12. The number of imidazole rings is 1. The predicted octanol–water partition coefficient (Wildman–Crippen LogP) is 3.70. The molecule has 5 heteroatoms. The normalized spacial score (nSPS) is 17.2. The number of hydrogen-bond donors (Lipinski definition) is 2. The molecular weight excluding hydrogens is 312 g/mol. The summed E-state index contributed by atoms with van der Waals surface area (Å²) in [6.45, 7) is 5.77. The number of aliphatic hydroxyl groups excluding tert-OH is 1. The maximum Gasteiger partial charge on any atom is 0.128 e. The number of nitrogens with zero attached hydrogens (tertiary/aromatic N) is 3. The Balaban J connectivity index is 1.49. The molecule has 25 heavy (non-hydrogen) atoms. The zero-order chi connectivity index (χ0) is 17.4. The first-order valence-electron chi connectivity index (χ1n) is 8.97. The number of aromatic amines is 1. The van der Waals surface area contributed by atoms with Crippen LogP contribution < -0.4 is 4.90 Å². The van der Waals surface area contributed by atoms with Crippen molar-refractivity contribution >= 4 is 16.9 Å². The molecular formula is C20H24N4O. The van der Waals surface area contributed by atoms with Crippen molar-refractivity contribution < 1.29 is 5.11 Å². The number of fused-ring (bicyclic) bond motifs is 1. The van der Waals surface area contributed by atoms with Crippen molar-refractivity contribution in [3.05, 3.63) is 53.5 Å². The standard InChI is InChI=1S/C20H24N4O/c1-13-5-3-7-17-19(13)23-20(22-17)15-9-11-24(12-10-15)18-8-4-6-16(21-18)14(2)25/h3-8,14-15,25H,9-12H2,1-2H3,(H,22,23). The van der Waals surface area contributed by atoms with E-state index >= 15 is 0 Å². The molecule has 0 amide bonds. The molecule has 1 fully saturated rings. The lowest BCUT2D eigenvalue weighted by Crippen LogP contribution is -2.33. The quantitative estimate of drug-likeness (QED) is 0.765. The Morgan fingerprint density at radius 3 is 2.60 bits per heavy atom. The molecule has 5 nitrogen and oxygen atoms in total. The Hall–Kier alpha value is -2.40. The van der Waals surface area contributed by atoms with E-state index in [1.807, 2.05) is 18.2 Å². The van der Waals surface area contributed by atoms with Crippen LogP contribution in [-0.4, -0.2) is 33.1 Å². The largest absolute Gasteiger partial charge is 0.387 e. The van der Waals surface area contributed by atoms with Crippen molar-refractivity contribution in [2.75, 3.05) is 18.0 Å². The zero-order valence-corrected chi connectivity index (χ0v) is 14.7. The molecule has 2 N–H and O–H groups in total. The van der Waals surface area contributed by atoms with E-state index in [0.29, 0.717) is 5.92 Å². The summed E-state index contributed by atoms with van der Waals surface area (Å²) in [6.07, 6.45) is 1.58. The van der Waals surface area contributed by atoms with Crippen LogP contribution >= 0.6 is 0 Å². The van der Waals surface area contributed by atoms with Crippen molar-refractivity contribution in [3.63, 3.8) is 0 Å². The number of aromatic nitrogens is 3. The number of hydrogen-bond acceptors (Lipinski definition) is 4. The first-order valence-corrected chi connectivity index (χ1v) is 8.97. The first kappa shape index (κ1) is 16.1. The van der Waals surface area contributed by atoms with Crippen LogP contribution in [0.15, 0.2) is 36.4 Å². The molecule has 3 aromatic rings. The Labute approximate surface area is 147 Å². The Morgan fingerprint density at radius 2 is 1.88 bits per heavy atom. The van der Waals surface area contributed by atoms with E-state index in [9.17, 15) is 5.11 Å². The van der Waals surface area contributed by atoms with Crippen LogP contribution in [0.1, 0.15) is 48.9 Å². The number of piperidine rings is 1. The third-order valence-corrected chi connectivity index (χ3v) is 5.12. The SMILES string of the molecule is Cc1cccc2[nH]c(C3CCN(c4cccc(C(C)O)n4)CC3)nc12. The molecule has 1 unspecified atom stereocenters. The molecule has 0 radical (unpaired) electrons. The van der Waals surface area contributed by atoms with Crippen LogP contribution in [-0.2, 0) is 0 Å². The third kappa shape index (κ3) is 3.12. The predicted molar refractivity (Wildman–Crippen MR) is 99.9 cm³/mol. The minimum atomic E-state index is -0.531. The molecule has 0 bridgehead atoms. The number of anilines is 1. The van der Waals surface area contributed by atoms with Gasteiger partial charge in [0.25, 0.3) is 0 Å². The van der Waals surface area contributed by atoms with Crippen LogP contribution in [0, 0.1) is 6.92 Å². The molecule has 1 aliphatic heterocycles. The molecule has 1 aliphatic rings. The number of nitrogens with one attached hydrogen (secondary N) is 1. The summed E-state index contributed by atoms with van der Waals surface area (Å²) in [5.74, 6) is 2.52. The van der Waals surface area contributed by atoms with Crippen LogP contribution in [0.2, 0.25) is 0 Å². The van der Waals surface area contributed by atoms with Gasteiger partial charge in [-0.1, -0.05) is 18.2 Å². The number of para-hydroxylation sites is 1. The fraction of sp³-hybridized carbons (Fsp3) is 0.400. The van der Waals surface area contributed by atoms with Gasteiger partial charge in [-0.25, -0.2) is 9.97 Å². The van der Waals surface area contributed by atoms with Gasteiger partial charge in [-0.2, -0.15) is 0 Å². The van der Waals surface area contributed by atoms with Crippen molar-refractivity contribution in [2.24, 2.45) is 0 Å². The molecule has 0 aliphatic carbocycles. The van der Waals surface area contributed by atoms with Crippen molar-refractivity contribution in [1.82, 2.24) is 15.0 Å². The minimum absolute atomic E-state index is 0.461. The highest BCUT2D eigenvalue weighted by Gasteiger charge is 2.24. The maximum atomic E-state index is 9.74. The lowest BCUT2D eigenvalue weighted by atomic mass is 9.96. The molecule has 130 valence electrons. The molecule has 1 atom stereocenters. The van der Waals surface area contributed by atoms with Crippen molar-refractivity contribution in [2.45, 2.75) is 38.7 Å². The van der Waals surface area contributed by atoms with E-state index in [-0.39, 0.29) is 0 Å². The number of rotatable bonds is 3. The highest BCUT2D eigenvalue weighted by Crippen LogP contribution is 2.30. The van der Waals surface area contributed by atoms with Gasteiger partial charge in [-0.15, -0.1) is 0 Å². The maximum absolute atomic E-state index is 9.74. The van der Waals surface area contributed by atoms with Gasteiger partial charge < -0.3 is 15.0 Å².